The number of carbonyl (C=O) groups is 2. The van der Waals surface area contributed by atoms with Crippen molar-refractivity contribution in [1.82, 2.24) is 0 Å². The molecule has 3 rings (SSSR count). The molecule has 0 fully saturated rings. The van der Waals surface area contributed by atoms with Crippen LogP contribution < -0.4 is 9.47 Å². The van der Waals surface area contributed by atoms with Crippen molar-refractivity contribution in [1.29, 1.82) is 0 Å². The molecule has 0 amide bonds. The largest absolute Gasteiger partial charge is 0.495 e. The van der Waals surface area contributed by atoms with Gasteiger partial charge < -0.3 is 9.47 Å². The molecule has 4 nitrogen and oxygen atoms in total. The van der Waals surface area contributed by atoms with Crippen molar-refractivity contribution in [2.45, 2.75) is 12.8 Å². The quantitative estimate of drug-likeness (QED) is 0.841. The molecule has 4 heteroatoms. The Morgan fingerprint density at radius 2 is 1.20 bits per heavy atom. The van der Waals surface area contributed by atoms with Gasteiger partial charge in [-0.2, -0.15) is 0 Å². The Morgan fingerprint density at radius 3 is 1.55 bits per heavy atom. The topological polar surface area (TPSA) is 52.6 Å². The van der Waals surface area contributed by atoms with E-state index in [1.807, 2.05) is 24.3 Å². The van der Waals surface area contributed by atoms with Crippen LogP contribution in [0.25, 0.3) is 10.8 Å². The van der Waals surface area contributed by atoms with Crippen molar-refractivity contribution in [3.05, 3.63) is 35.4 Å². The first-order valence-electron chi connectivity index (χ1n) is 6.42. The standard InChI is InChI=1S/C16H14O4/c1-19-15-9-5-3-4-6-10(9)16(20-2)14-12(18)8-7-11(17)13(14)15/h3-6H,7-8H2,1-2H3. The highest BCUT2D eigenvalue weighted by molar-refractivity contribution is 6.21. The fourth-order valence-corrected chi connectivity index (χ4v) is 2.81. The third kappa shape index (κ3) is 1.61. The number of rotatable bonds is 2. The van der Waals surface area contributed by atoms with Gasteiger partial charge in [-0.1, -0.05) is 24.3 Å². The van der Waals surface area contributed by atoms with Gasteiger partial charge in [0.25, 0.3) is 0 Å². The van der Waals surface area contributed by atoms with Crippen LogP contribution in [0.5, 0.6) is 11.5 Å². The molecule has 0 saturated carbocycles. The first-order chi connectivity index (χ1) is 9.69. The molecular formula is C16H14O4. The van der Waals surface area contributed by atoms with Gasteiger partial charge in [0, 0.05) is 23.6 Å². The second kappa shape index (κ2) is 4.63. The maximum atomic E-state index is 12.2. The van der Waals surface area contributed by atoms with Crippen molar-refractivity contribution >= 4 is 22.3 Å². The van der Waals surface area contributed by atoms with E-state index in [2.05, 4.69) is 0 Å². The summed E-state index contributed by atoms with van der Waals surface area (Å²) in [7, 11) is 3.03. The van der Waals surface area contributed by atoms with Gasteiger partial charge in [-0.3, -0.25) is 9.59 Å². The normalized spacial score (nSPS) is 14.3. The molecule has 0 unspecified atom stereocenters. The zero-order chi connectivity index (χ0) is 14.3. The van der Waals surface area contributed by atoms with Gasteiger partial charge in [0.1, 0.15) is 11.5 Å². The van der Waals surface area contributed by atoms with E-state index < -0.39 is 0 Å². The van der Waals surface area contributed by atoms with Gasteiger partial charge in [-0.05, 0) is 0 Å². The summed E-state index contributed by atoms with van der Waals surface area (Å²) in [6.45, 7) is 0. The van der Waals surface area contributed by atoms with E-state index in [0.29, 0.717) is 22.6 Å². The predicted octanol–water partition coefficient (Wildman–Crippen LogP) is 3.02. The summed E-state index contributed by atoms with van der Waals surface area (Å²) in [5, 5.41) is 1.57. The Bertz CT molecular complexity index is 668. The molecule has 2 aromatic rings. The number of benzene rings is 2. The molecule has 102 valence electrons. The number of methoxy groups -OCH3 is 2. The van der Waals surface area contributed by atoms with Crippen molar-refractivity contribution in [3.63, 3.8) is 0 Å². The molecule has 0 aliphatic heterocycles. The second-order valence-corrected chi connectivity index (χ2v) is 4.71. The minimum absolute atomic E-state index is 0.0690. The maximum absolute atomic E-state index is 12.2. The van der Waals surface area contributed by atoms with Crippen molar-refractivity contribution < 1.29 is 19.1 Å². The molecule has 1 aliphatic rings. The summed E-state index contributed by atoms with van der Waals surface area (Å²) < 4.78 is 10.8. The summed E-state index contributed by atoms with van der Waals surface area (Å²) in [6.07, 6.45) is 0.452. The lowest BCUT2D eigenvalue weighted by molar-refractivity contribution is 0.0885. The predicted molar refractivity (Wildman–Crippen MR) is 74.9 cm³/mol. The average molecular weight is 270 g/mol. The summed E-state index contributed by atoms with van der Waals surface area (Å²) in [5.41, 5.74) is 0.721. The summed E-state index contributed by atoms with van der Waals surface area (Å²) in [4.78, 5) is 24.5. The van der Waals surface area contributed by atoms with E-state index in [0.717, 1.165) is 10.8 Å². The van der Waals surface area contributed by atoms with Gasteiger partial charge in [0.2, 0.25) is 0 Å². The van der Waals surface area contributed by atoms with Crippen molar-refractivity contribution in [2.75, 3.05) is 14.2 Å². The molecule has 0 bridgehead atoms. The number of hydrogen-bond donors (Lipinski definition) is 0. The molecule has 0 heterocycles. The van der Waals surface area contributed by atoms with Crippen molar-refractivity contribution in [3.8, 4) is 11.5 Å². The van der Waals surface area contributed by atoms with Gasteiger partial charge in [-0.15, -0.1) is 0 Å². The number of carbonyl (C=O) groups excluding carboxylic acids is 2. The summed E-state index contributed by atoms with van der Waals surface area (Å²) in [5.74, 6) is 0.796. The summed E-state index contributed by atoms with van der Waals surface area (Å²) in [6, 6.07) is 7.46. The zero-order valence-corrected chi connectivity index (χ0v) is 11.4. The lowest BCUT2D eigenvalue weighted by Crippen LogP contribution is -2.19. The first-order valence-corrected chi connectivity index (χ1v) is 6.42. The Morgan fingerprint density at radius 1 is 0.800 bits per heavy atom. The van der Waals surface area contributed by atoms with Crippen LogP contribution in [-0.4, -0.2) is 25.8 Å². The summed E-state index contributed by atoms with van der Waals surface area (Å²) >= 11 is 0. The SMILES string of the molecule is COc1c2c(c(OC)c3ccccc13)C(=O)CCC2=O. The van der Waals surface area contributed by atoms with Crippen LogP contribution in [0.15, 0.2) is 24.3 Å². The minimum Gasteiger partial charge on any atom is -0.495 e. The van der Waals surface area contributed by atoms with Crippen LogP contribution >= 0.6 is 0 Å². The molecule has 1 aliphatic carbocycles. The molecule has 2 aromatic carbocycles. The highest BCUT2D eigenvalue weighted by Gasteiger charge is 2.32. The minimum atomic E-state index is -0.0690. The molecule has 0 N–H and O–H groups in total. The third-order valence-corrected chi connectivity index (χ3v) is 3.67. The number of ketones is 2. The van der Waals surface area contributed by atoms with E-state index in [-0.39, 0.29) is 24.4 Å². The fourth-order valence-electron chi connectivity index (χ4n) is 2.81. The highest BCUT2D eigenvalue weighted by atomic mass is 16.5. The molecule has 0 aromatic heterocycles. The Kier molecular flexibility index (Phi) is 2.93. The van der Waals surface area contributed by atoms with E-state index in [4.69, 9.17) is 9.47 Å². The zero-order valence-electron chi connectivity index (χ0n) is 11.4. The lowest BCUT2D eigenvalue weighted by Gasteiger charge is -2.22. The van der Waals surface area contributed by atoms with Crippen LogP contribution in [0.4, 0.5) is 0 Å². The second-order valence-electron chi connectivity index (χ2n) is 4.71. The van der Waals surface area contributed by atoms with Crippen LogP contribution in [0.3, 0.4) is 0 Å². The molecular weight excluding hydrogens is 256 g/mol. The fraction of sp³-hybridized carbons (Fsp3) is 0.250. The monoisotopic (exact) mass is 270 g/mol. The Hall–Kier alpha value is -2.36. The van der Waals surface area contributed by atoms with Gasteiger partial charge in [0.15, 0.2) is 11.6 Å². The van der Waals surface area contributed by atoms with Crippen LogP contribution in [-0.2, 0) is 0 Å². The molecule has 20 heavy (non-hydrogen) atoms. The number of fused-ring (bicyclic) bond motifs is 2. The van der Waals surface area contributed by atoms with Gasteiger partial charge in [-0.25, -0.2) is 0 Å². The van der Waals surface area contributed by atoms with E-state index >= 15 is 0 Å². The smallest absolute Gasteiger partial charge is 0.167 e. The highest BCUT2D eigenvalue weighted by Crippen LogP contribution is 2.43. The maximum Gasteiger partial charge on any atom is 0.167 e. The van der Waals surface area contributed by atoms with Crippen molar-refractivity contribution in [2.24, 2.45) is 0 Å². The van der Waals surface area contributed by atoms with Crippen LogP contribution in [0.2, 0.25) is 0 Å². The molecule has 0 radical (unpaired) electrons. The lowest BCUT2D eigenvalue weighted by atomic mass is 9.85. The van der Waals surface area contributed by atoms with Gasteiger partial charge in [0.05, 0.1) is 25.3 Å². The number of ether oxygens (including phenoxy) is 2. The third-order valence-electron chi connectivity index (χ3n) is 3.67. The van der Waals surface area contributed by atoms with E-state index in [9.17, 15) is 9.59 Å². The first kappa shape index (κ1) is 12.7. The Balaban J connectivity index is 2.54. The van der Waals surface area contributed by atoms with E-state index in [1.54, 1.807) is 0 Å². The molecule has 0 saturated heterocycles. The van der Waals surface area contributed by atoms with Gasteiger partial charge >= 0.3 is 0 Å². The molecule has 0 atom stereocenters. The Labute approximate surface area is 116 Å². The van der Waals surface area contributed by atoms with Crippen LogP contribution in [0.1, 0.15) is 33.6 Å². The number of Topliss-reactive ketones (excluding diaryl/α,β-unsaturated/α-hetero) is 2. The van der Waals surface area contributed by atoms with Crippen LogP contribution in [0, 0.1) is 0 Å². The molecule has 0 spiro atoms. The van der Waals surface area contributed by atoms with E-state index in [1.165, 1.54) is 14.2 Å². The number of hydrogen-bond acceptors (Lipinski definition) is 4. The average Bonchev–Trinajstić information content (AvgIpc) is 2.48.